The van der Waals surface area contributed by atoms with Gasteiger partial charge in [0.1, 0.15) is 17.3 Å². The molecule has 0 saturated carbocycles. The first kappa shape index (κ1) is 25.8. The van der Waals surface area contributed by atoms with Gasteiger partial charge < -0.3 is 10.6 Å². The Hall–Kier alpha value is -4.28. The Morgan fingerprint density at radius 1 is 1.11 bits per heavy atom. The minimum atomic E-state index is -0.634. The molecule has 37 heavy (non-hydrogen) atoms. The number of fused-ring (bicyclic) bond motifs is 1. The highest BCUT2D eigenvalue weighted by Crippen LogP contribution is 2.27. The molecule has 3 heterocycles. The van der Waals surface area contributed by atoms with Crippen LogP contribution in [-0.4, -0.2) is 37.4 Å². The van der Waals surface area contributed by atoms with Gasteiger partial charge in [-0.15, -0.1) is 0 Å². The summed E-state index contributed by atoms with van der Waals surface area (Å²) in [6, 6.07) is 6.80. The molecule has 4 rings (SSSR count). The number of pyridine rings is 1. The first-order chi connectivity index (χ1) is 17.4. The van der Waals surface area contributed by atoms with Gasteiger partial charge in [-0.2, -0.15) is 10.1 Å². The maximum absolute atomic E-state index is 14.7. The number of aromatic nitrogens is 5. The van der Waals surface area contributed by atoms with Crippen LogP contribution in [0.1, 0.15) is 46.4 Å². The molecule has 3 N–H and O–H groups in total. The highest BCUT2D eigenvalue weighted by molar-refractivity contribution is 5.99. The van der Waals surface area contributed by atoms with Crippen molar-refractivity contribution in [3.05, 3.63) is 58.4 Å². The van der Waals surface area contributed by atoms with Crippen molar-refractivity contribution in [2.75, 3.05) is 23.0 Å². The van der Waals surface area contributed by atoms with Gasteiger partial charge in [-0.25, -0.2) is 14.2 Å². The summed E-state index contributed by atoms with van der Waals surface area (Å²) in [5, 5.41) is 13.2. The van der Waals surface area contributed by atoms with E-state index in [1.807, 2.05) is 34.6 Å². The van der Waals surface area contributed by atoms with Crippen LogP contribution in [0.2, 0.25) is 0 Å². The van der Waals surface area contributed by atoms with Gasteiger partial charge in [-0.1, -0.05) is 26.8 Å². The molecule has 11 heteroatoms. The van der Waals surface area contributed by atoms with Crippen LogP contribution >= 0.6 is 0 Å². The molecule has 0 atom stereocenters. The Bertz CT molecular complexity index is 1550. The highest BCUT2D eigenvalue weighted by atomic mass is 19.1. The number of rotatable bonds is 5. The number of anilines is 3. The van der Waals surface area contributed by atoms with E-state index in [0.717, 1.165) is 5.69 Å². The molecular weight excluding hydrogens is 475 g/mol. The van der Waals surface area contributed by atoms with Crippen LogP contribution in [0.25, 0.3) is 22.2 Å². The monoisotopic (exact) mass is 506 g/mol. The number of amides is 2. The molecule has 1 aromatic carbocycles. The summed E-state index contributed by atoms with van der Waals surface area (Å²) in [7, 11) is 3.42. The van der Waals surface area contributed by atoms with E-state index in [-0.39, 0.29) is 22.7 Å². The molecule has 0 unspecified atom stereocenters. The van der Waals surface area contributed by atoms with E-state index in [4.69, 9.17) is 0 Å². The van der Waals surface area contributed by atoms with Gasteiger partial charge >= 0.3 is 6.03 Å². The quantitative estimate of drug-likeness (QED) is 0.354. The number of benzene rings is 1. The van der Waals surface area contributed by atoms with Crippen LogP contribution in [-0.2, 0) is 12.5 Å². The second kappa shape index (κ2) is 9.64. The number of hydrogen-bond acceptors (Lipinski definition) is 6. The maximum atomic E-state index is 14.7. The van der Waals surface area contributed by atoms with E-state index in [1.165, 1.54) is 18.2 Å². The summed E-state index contributed by atoms with van der Waals surface area (Å²) >= 11 is 0. The van der Waals surface area contributed by atoms with Crippen molar-refractivity contribution in [2.45, 2.75) is 46.1 Å². The number of carbonyl (C=O) groups is 1. The van der Waals surface area contributed by atoms with Crippen LogP contribution in [0.15, 0.2) is 41.3 Å². The average molecular weight is 507 g/mol. The zero-order valence-electron chi connectivity index (χ0n) is 22.0. The lowest BCUT2D eigenvalue weighted by atomic mass is 9.92. The number of nitrogens with one attached hydrogen (secondary N) is 3. The van der Waals surface area contributed by atoms with Crippen molar-refractivity contribution in [3.63, 3.8) is 0 Å². The molecule has 0 spiro atoms. The first-order valence-corrected chi connectivity index (χ1v) is 11.9. The first-order valence-electron chi connectivity index (χ1n) is 11.9. The summed E-state index contributed by atoms with van der Waals surface area (Å²) in [6.45, 7) is 9.83. The van der Waals surface area contributed by atoms with Crippen LogP contribution in [0.5, 0.6) is 0 Å². The number of nitrogens with zero attached hydrogens (tertiary/aromatic N) is 5. The lowest BCUT2D eigenvalue weighted by Gasteiger charge is -2.16. The molecule has 10 nitrogen and oxygen atoms in total. The van der Waals surface area contributed by atoms with Crippen molar-refractivity contribution in [2.24, 2.45) is 7.05 Å². The molecule has 4 aromatic rings. The standard InChI is InChI=1S/C26H31FN8O2/c1-14(2)35-22-16(13-29-24(28-6)32-22)10-17(23(35)36)15-8-9-18(27)19(11-15)30-25(37)31-21-12-20(26(3,4)5)33-34(21)7/h8-14H,1-7H3,(H,28,29,32)(H2,30,31,37). The number of halogens is 1. The smallest absolute Gasteiger partial charge is 0.324 e. The fourth-order valence-corrected chi connectivity index (χ4v) is 3.94. The Kier molecular flexibility index (Phi) is 6.72. The number of hydrogen-bond donors (Lipinski definition) is 3. The van der Waals surface area contributed by atoms with Gasteiger partial charge in [0, 0.05) is 48.8 Å². The summed E-state index contributed by atoms with van der Waals surface area (Å²) in [5.41, 5.74) is 1.55. The third-order valence-electron chi connectivity index (χ3n) is 5.93. The van der Waals surface area contributed by atoms with E-state index in [9.17, 15) is 14.0 Å². The van der Waals surface area contributed by atoms with Gasteiger partial charge in [-0.3, -0.25) is 19.4 Å². The normalized spacial score (nSPS) is 11.7. The Balaban J connectivity index is 1.69. The van der Waals surface area contributed by atoms with E-state index >= 15 is 0 Å². The summed E-state index contributed by atoms with van der Waals surface area (Å²) < 4.78 is 17.8. The predicted molar refractivity (Wildman–Crippen MR) is 144 cm³/mol. The number of aryl methyl sites for hydroxylation is 1. The van der Waals surface area contributed by atoms with E-state index in [2.05, 4.69) is 31.0 Å². The van der Waals surface area contributed by atoms with Crippen molar-refractivity contribution in [3.8, 4) is 11.1 Å². The summed E-state index contributed by atoms with van der Waals surface area (Å²) in [4.78, 5) is 34.9. The molecule has 0 radical (unpaired) electrons. The Morgan fingerprint density at radius 2 is 1.84 bits per heavy atom. The van der Waals surface area contributed by atoms with Gasteiger partial charge in [0.2, 0.25) is 5.95 Å². The SMILES string of the molecule is CNc1ncc2cc(-c3ccc(F)c(NC(=O)Nc4cc(C(C)(C)C)nn4C)c3)c(=O)n(C(C)C)c2n1. The molecule has 194 valence electrons. The van der Waals surface area contributed by atoms with Gasteiger partial charge in [-0.05, 0) is 37.6 Å². The van der Waals surface area contributed by atoms with Gasteiger partial charge in [0.15, 0.2) is 0 Å². The molecule has 0 aliphatic carbocycles. The van der Waals surface area contributed by atoms with E-state index in [0.29, 0.717) is 33.9 Å². The maximum Gasteiger partial charge on any atom is 0.324 e. The molecule has 0 fully saturated rings. The van der Waals surface area contributed by atoms with Crippen LogP contribution in [0.4, 0.5) is 26.6 Å². The second-order valence-corrected chi connectivity index (χ2v) is 10.1. The molecule has 3 aromatic heterocycles. The fraction of sp³-hybridized carbons (Fsp3) is 0.346. The number of carbonyl (C=O) groups excluding carboxylic acids is 1. The van der Waals surface area contributed by atoms with Crippen molar-refractivity contribution in [1.82, 2.24) is 24.3 Å². The van der Waals surface area contributed by atoms with Gasteiger partial charge in [0.25, 0.3) is 5.56 Å². The average Bonchev–Trinajstić information content (AvgIpc) is 3.20. The van der Waals surface area contributed by atoms with E-state index in [1.54, 1.807) is 41.7 Å². The largest absolute Gasteiger partial charge is 0.357 e. The Morgan fingerprint density at radius 3 is 2.46 bits per heavy atom. The van der Waals surface area contributed by atoms with E-state index < -0.39 is 11.8 Å². The van der Waals surface area contributed by atoms with Crippen LogP contribution in [0, 0.1) is 5.82 Å². The van der Waals surface area contributed by atoms with Crippen LogP contribution in [0.3, 0.4) is 0 Å². The summed E-state index contributed by atoms with van der Waals surface area (Å²) in [5.74, 6) is 0.233. The number of urea groups is 1. The zero-order chi connectivity index (χ0) is 27.1. The fourth-order valence-electron chi connectivity index (χ4n) is 3.94. The lowest BCUT2D eigenvalue weighted by molar-refractivity contribution is 0.262. The van der Waals surface area contributed by atoms with Gasteiger partial charge in [0.05, 0.1) is 11.4 Å². The third kappa shape index (κ3) is 5.16. The second-order valence-electron chi connectivity index (χ2n) is 10.1. The minimum Gasteiger partial charge on any atom is -0.357 e. The topological polar surface area (TPSA) is 119 Å². The Labute approximate surface area is 213 Å². The minimum absolute atomic E-state index is 0.0643. The van der Waals surface area contributed by atoms with Crippen LogP contribution < -0.4 is 21.5 Å². The van der Waals surface area contributed by atoms with Crippen molar-refractivity contribution < 1.29 is 9.18 Å². The molecular formula is C26H31FN8O2. The predicted octanol–water partition coefficient (Wildman–Crippen LogP) is 4.90. The molecule has 0 bridgehead atoms. The summed E-state index contributed by atoms with van der Waals surface area (Å²) in [6.07, 6.45) is 1.63. The molecule has 0 saturated heterocycles. The van der Waals surface area contributed by atoms with Crippen molar-refractivity contribution >= 4 is 34.5 Å². The van der Waals surface area contributed by atoms with Crippen molar-refractivity contribution in [1.29, 1.82) is 0 Å². The molecule has 0 aliphatic heterocycles. The zero-order valence-corrected chi connectivity index (χ0v) is 22.0. The molecule has 0 aliphatic rings. The highest BCUT2D eigenvalue weighted by Gasteiger charge is 2.21. The molecule has 2 amide bonds. The lowest BCUT2D eigenvalue weighted by Crippen LogP contribution is -2.25. The third-order valence-corrected chi connectivity index (χ3v) is 5.93.